The number of rotatable bonds is 5. The van der Waals surface area contributed by atoms with Gasteiger partial charge in [-0.1, -0.05) is 29.8 Å². The van der Waals surface area contributed by atoms with Crippen molar-refractivity contribution in [3.8, 4) is 0 Å². The number of alkyl halides is 3. The van der Waals surface area contributed by atoms with E-state index in [2.05, 4.69) is 12.7 Å². The van der Waals surface area contributed by atoms with Gasteiger partial charge in [-0.05, 0) is 12.5 Å². The lowest BCUT2D eigenvalue weighted by Gasteiger charge is -2.22. The summed E-state index contributed by atoms with van der Waals surface area (Å²) in [5, 5.41) is 0. The first-order valence-electron chi connectivity index (χ1n) is 4.74. The van der Waals surface area contributed by atoms with Crippen molar-refractivity contribution in [1.82, 2.24) is 0 Å². The van der Waals surface area contributed by atoms with Crippen LogP contribution < -0.4 is 0 Å². The summed E-state index contributed by atoms with van der Waals surface area (Å²) in [6.45, 7) is 1.70. The molecule has 0 spiro atoms. The van der Waals surface area contributed by atoms with Crippen molar-refractivity contribution in [3.05, 3.63) is 35.4 Å². The van der Waals surface area contributed by atoms with Gasteiger partial charge in [-0.15, -0.1) is 0 Å². The molecule has 0 amide bonds. The molecule has 0 aliphatic heterocycles. The summed E-state index contributed by atoms with van der Waals surface area (Å²) in [6.07, 6.45) is -7.40. The molecule has 0 fully saturated rings. The van der Waals surface area contributed by atoms with Crippen LogP contribution in [0.3, 0.4) is 0 Å². The summed E-state index contributed by atoms with van der Waals surface area (Å²) < 4.78 is 61.7. The fourth-order valence-electron chi connectivity index (χ4n) is 1.22. The minimum absolute atomic E-state index is 0.291. The van der Waals surface area contributed by atoms with E-state index in [9.17, 15) is 17.7 Å². The van der Waals surface area contributed by atoms with Gasteiger partial charge in [0.2, 0.25) is 0 Å². The predicted molar refractivity (Wildman–Crippen MR) is 62.5 cm³/mol. The number of aryl methyl sites for hydroxylation is 1. The largest absolute Gasteiger partial charge is 0.508 e. The lowest BCUT2D eigenvalue weighted by Crippen LogP contribution is -2.23. The monoisotopic (exact) mass is 338 g/mol. The quantitative estimate of drug-likeness (QED) is 0.703. The normalized spacial score (nSPS) is 14.4. The van der Waals surface area contributed by atoms with E-state index >= 15 is 0 Å². The molecule has 10 heteroatoms. The second kappa shape index (κ2) is 6.43. The van der Waals surface area contributed by atoms with Crippen molar-refractivity contribution in [2.45, 2.75) is 19.2 Å². The van der Waals surface area contributed by atoms with Crippen molar-refractivity contribution in [2.24, 2.45) is 0 Å². The summed E-state index contributed by atoms with van der Waals surface area (Å²) in [5.41, 5.74) is 0.454. The lowest BCUT2D eigenvalue weighted by molar-refractivity contribution is -0.201. The fourth-order valence-corrected chi connectivity index (χ4v) is 2.26. The number of hydrogen-bond acceptors (Lipinski definition) is 4. The van der Waals surface area contributed by atoms with Gasteiger partial charge in [0.05, 0.1) is 23.7 Å². The molecule has 0 saturated heterocycles. The van der Waals surface area contributed by atoms with Gasteiger partial charge >= 0.3 is 14.0 Å². The van der Waals surface area contributed by atoms with Gasteiger partial charge in [-0.2, -0.15) is 21.3 Å². The number of halogens is 5. The van der Waals surface area contributed by atoms with Crippen LogP contribution in [0.2, 0.25) is 0 Å². The minimum Gasteiger partial charge on any atom is -0.267 e. The standard InChI is InChI=1S/C9H8Cl2F3O4P/c1-6-2-4-7(5-3-6)8(9(12,13)14)16-19(15,17-10)18-11/h2-5,8H,1H3. The van der Waals surface area contributed by atoms with Crippen LogP contribution >= 0.6 is 31.6 Å². The average Bonchev–Trinajstić information content (AvgIpc) is 2.36. The van der Waals surface area contributed by atoms with Gasteiger partial charge in [-0.25, -0.2) is 4.57 Å². The molecular weight excluding hydrogens is 331 g/mol. The van der Waals surface area contributed by atoms with Crippen LogP contribution in [0.4, 0.5) is 13.2 Å². The first-order chi connectivity index (χ1) is 8.72. The van der Waals surface area contributed by atoms with Gasteiger partial charge in [0.15, 0.2) is 6.10 Å². The molecule has 1 rings (SSSR count). The van der Waals surface area contributed by atoms with Crippen molar-refractivity contribution in [2.75, 3.05) is 0 Å². The zero-order chi connectivity index (χ0) is 14.7. The SMILES string of the molecule is Cc1ccc(C(OP(=O)(OCl)OCl)C(F)(F)F)cc1. The Morgan fingerprint density at radius 1 is 1.16 bits per heavy atom. The zero-order valence-electron chi connectivity index (χ0n) is 9.36. The Morgan fingerprint density at radius 2 is 1.63 bits per heavy atom. The molecule has 0 aliphatic rings. The van der Waals surface area contributed by atoms with E-state index < -0.39 is 20.1 Å². The van der Waals surface area contributed by atoms with E-state index in [0.29, 0.717) is 0 Å². The highest BCUT2D eigenvalue weighted by Gasteiger charge is 2.47. The first-order valence-corrected chi connectivity index (χ1v) is 6.82. The highest BCUT2D eigenvalue weighted by Crippen LogP contribution is 2.57. The van der Waals surface area contributed by atoms with Gasteiger partial charge in [0, 0.05) is 0 Å². The molecule has 0 radical (unpaired) electrons. The van der Waals surface area contributed by atoms with Crippen LogP contribution in [0, 0.1) is 6.92 Å². The molecule has 0 aromatic heterocycles. The maximum absolute atomic E-state index is 12.9. The van der Waals surface area contributed by atoms with E-state index in [1.807, 2.05) is 0 Å². The molecule has 0 saturated carbocycles. The summed E-state index contributed by atoms with van der Waals surface area (Å²) in [4.78, 5) is 0. The summed E-state index contributed by atoms with van der Waals surface area (Å²) >= 11 is 9.50. The molecule has 1 atom stereocenters. The second-order valence-corrected chi connectivity index (χ2v) is 5.73. The predicted octanol–water partition coefficient (Wildman–Crippen LogP) is 5.06. The van der Waals surface area contributed by atoms with Crippen molar-refractivity contribution < 1.29 is 30.4 Å². The molecule has 1 unspecified atom stereocenters. The van der Waals surface area contributed by atoms with Gasteiger partial charge in [0.1, 0.15) is 0 Å². The van der Waals surface area contributed by atoms with E-state index in [4.69, 9.17) is 23.7 Å². The summed E-state index contributed by atoms with van der Waals surface area (Å²) in [6, 6.07) is 5.21. The van der Waals surface area contributed by atoms with Crippen LogP contribution in [0.25, 0.3) is 0 Å². The molecule has 0 heterocycles. The van der Waals surface area contributed by atoms with Crippen molar-refractivity contribution in [3.63, 3.8) is 0 Å². The smallest absolute Gasteiger partial charge is 0.267 e. The maximum atomic E-state index is 12.9. The van der Waals surface area contributed by atoms with E-state index in [0.717, 1.165) is 5.56 Å². The van der Waals surface area contributed by atoms with Crippen LogP contribution in [-0.4, -0.2) is 6.18 Å². The maximum Gasteiger partial charge on any atom is 0.508 e. The van der Waals surface area contributed by atoms with Gasteiger partial charge in [0.25, 0.3) is 0 Å². The zero-order valence-corrected chi connectivity index (χ0v) is 11.8. The van der Waals surface area contributed by atoms with Gasteiger partial charge < -0.3 is 0 Å². The Morgan fingerprint density at radius 3 is 2.00 bits per heavy atom. The fraction of sp³-hybridized carbons (Fsp3) is 0.333. The van der Waals surface area contributed by atoms with E-state index in [1.165, 1.54) is 24.3 Å². The van der Waals surface area contributed by atoms with Crippen LogP contribution in [0.5, 0.6) is 0 Å². The van der Waals surface area contributed by atoms with Crippen molar-refractivity contribution >= 4 is 31.6 Å². The Bertz CT molecular complexity index is 458. The molecule has 0 bridgehead atoms. The highest BCUT2D eigenvalue weighted by atomic mass is 35.5. The molecule has 1 aromatic carbocycles. The molecular formula is C9H8Cl2F3O4P. The molecule has 4 nitrogen and oxygen atoms in total. The Balaban J connectivity index is 3.10. The van der Waals surface area contributed by atoms with Crippen LogP contribution in [-0.2, 0) is 17.2 Å². The highest BCUT2D eigenvalue weighted by molar-refractivity contribution is 7.50. The summed E-state index contributed by atoms with van der Waals surface area (Å²) in [7, 11) is -4.70. The molecule has 0 aliphatic carbocycles. The van der Waals surface area contributed by atoms with Gasteiger partial charge in [-0.3, -0.25) is 4.52 Å². The average molecular weight is 339 g/mol. The third-order valence-electron chi connectivity index (χ3n) is 2.08. The van der Waals surface area contributed by atoms with Crippen LogP contribution in [0.1, 0.15) is 17.2 Å². The second-order valence-electron chi connectivity index (χ2n) is 3.52. The minimum atomic E-state index is -4.85. The topological polar surface area (TPSA) is 44.8 Å². The number of hydrogen-bond donors (Lipinski definition) is 0. The number of benzene rings is 1. The molecule has 108 valence electrons. The number of phosphoric acid groups is 1. The molecule has 19 heavy (non-hydrogen) atoms. The summed E-state index contributed by atoms with van der Waals surface area (Å²) in [5.74, 6) is 0. The molecule has 1 aromatic rings. The third-order valence-corrected chi connectivity index (χ3v) is 3.90. The van der Waals surface area contributed by atoms with E-state index in [-0.39, 0.29) is 5.56 Å². The Hall–Kier alpha value is -0.300. The Labute approximate surface area is 117 Å². The van der Waals surface area contributed by atoms with Crippen LogP contribution in [0.15, 0.2) is 24.3 Å². The lowest BCUT2D eigenvalue weighted by atomic mass is 10.1. The van der Waals surface area contributed by atoms with E-state index in [1.54, 1.807) is 6.92 Å². The van der Waals surface area contributed by atoms with Crippen molar-refractivity contribution in [1.29, 1.82) is 0 Å². The third kappa shape index (κ3) is 4.63. The first kappa shape index (κ1) is 16.8. The Kier molecular flexibility index (Phi) is 5.67. The molecule has 0 N–H and O–H groups in total.